The number of ketones is 1. The lowest BCUT2D eigenvalue weighted by Gasteiger charge is -2.19. The maximum absolute atomic E-state index is 13.4. The van der Waals surface area contributed by atoms with Crippen LogP contribution in [-0.2, 0) is 11.3 Å². The number of Topliss-reactive ketones (excluding diaryl/α,β-unsaturated/α-hetero) is 1. The number of thiophene rings is 1. The number of aryl methyl sites for hydroxylation is 1. The van der Waals surface area contributed by atoms with E-state index in [1.54, 1.807) is 7.11 Å². The first-order valence-corrected chi connectivity index (χ1v) is 12.1. The number of rotatable bonds is 10. The summed E-state index contributed by atoms with van der Waals surface area (Å²) in [6, 6.07) is 11.6. The van der Waals surface area contributed by atoms with Gasteiger partial charge in [-0.25, -0.2) is 0 Å². The van der Waals surface area contributed by atoms with Crippen molar-refractivity contribution in [3.8, 4) is 28.0 Å². The van der Waals surface area contributed by atoms with Crippen molar-refractivity contribution in [3.63, 3.8) is 0 Å². The Bertz CT molecular complexity index is 1330. The fourth-order valence-electron chi connectivity index (χ4n) is 4.20. The maximum atomic E-state index is 13.4. The molecule has 1 aromatic carbocycles. The molecule has 1 aliphatic heterocycles. The predicted octanol–water partition coefficient (Wildman–Crippen LogP) is 4.27. The average Bonchev–Trinajstić information content (AvgIpc) is 3.64. The molecule has 0 atom stereocenters. The zero-order valence-corrected chi connectivity index (χ0v) is 20.6. The first-order chi connectivity index (χ1) is 17.0. The first kappa shape index (κ1) is 23.3. The van der Waals surface area contributed by atoms with Gasteiger partial charge in [0, 0.05) is 42.4 Å². The van der Waals surface area contributed by atoms with Crippen LogP contribution in [0.15, 0.2) is 46.2 Å². The summed E-state index contributed by atoms with van der Waals surface area (Å²) in [6.45, 7) is 5.75. The molecule has 3 aromatic heterocycles. The summed E-state index contributed by atoms with van der Waals surface area (Å²) >= 11 is 1.54. The molecule has 10 heteroatoms. The molecule has 0 N–H and O–H groups in total. The molecule has 0 spiro atoms. The van der Waals surface area contributed by atoms with E-state index in [1.807, 2.05) is 60.5 Å². The number of fused-ring (bicyclic) bond motifs is 1. The Morgan fingerprint density at radius 1 is 1.17 bits per heavy atom. The van der Waals surface area contributed by atoms with Crippen LogP contribution in [0, 0.1) is 13.8 Å². The maximum Gasteiger partial charge on any atom is 0.257 e. The highest BCUT2D eigenvalue weighted by molar-refractivity contribution is 7.13. The SMILES string of the molecule is COCCN(CC(=O)c1cc(C)n(-c2ccc3c(c2)OCO3)c1C)Cc1nnc(-c2cccs2)o1. The highest BCUT2D eigenvalue weighted by atomic mass is 32.1. The van der Waals surface area contributed by atoms with Crippen LogP contribution in [0.1, 0.15) is 27.6 Å². The third-order valence-electron chi connectivity index (χ3n) is 5.88. The van der Waals surface area contributed by atoms with Gasteiger partial charge in [0.15, 0.2) is 17.3 Å². The molecule has 0 fully saturated rings. The van der Waals surface area contributed by atoms with Gasteiger partial charge in [-0.3, -0.25) is 9.69 Å². The number of hydrogen-bond donors (Lipinski definition) is 0. The van der Waals surface area contributed by atoms with Crippen LogP contribution in [0.25, 0.3) is 16.5 Å². The van der Waals surface area contributed by atoms with Gasteiger partial charge in [-0.1, -0.05) is 6.07 Å². The lowest BCUT2D eigenvalue weighted by atomic mass is 10.1. The van der Waals surface area contributed by atoms with Crippen LogP contribution in [0.4, 0.5) is 0 Å². The smallest absolute Gasteiger partial charge is 0.257 e. The number of carbonyl (C=O) groups is 1. The number of carbonyl (C=O) groups excluding carboxylic acids is 1. The molecule has 4 heterocycles. The second-order valence-corrected chi connectivity index (χ2v) is 9.21. The molecule has 1 aliphatic rings. The van der Waals surface area contributed by atoms with E-state index in [0.717, 1.165) is 27.7 Å². The molecule has 0 bridgehead atoms. The number of aromatic nitrogens is 3. The van der Waals surface area contributed by atoms with E-state index in [9.17, 15) is 4.79 Å². The fourth-order valence-corrected chi connectivity index (χ4v) is 4.84. The molecule has 4 aromatic rings. The van der Waals surface area contributed by atoms with Crippen LogP contribution in [-0.4, -0.2) is 59.0 Å². The van der Waals surface area contributed by atoms with Crippen molar-refractivity contribution < 1.29 is 23.4 Å². The van der Waals surface area contributed by atoms with E-state index in [4.69, 9.17) is 18.6 Å². The molecule has 182 valence electrons. The van der Waals surface area contributed by atoms with Gasteiger partial charge < -0.3 is 23.2 Å². The van der Waals surface area contributed by atoms with E-state index in [1.165, 1.54) is 11.3 Å². The van der Waals surface area contributed by atoms with Crippen molar-refractivity contribution in [2.75, 3.05) is 33.6 Å². The van der Waals surface area contributed by atoms with Crippen molar-refractivity contribution >= 4 is 17.1 Å². The van der Waals surface area contributed by atoms with Crippen LogP contribution in [0.3, 0.4) is 0 Å². The third-order valence-corrected chi connectivity index (χ3v) is 6.74. The predicted molar refractivity (Wildman–Crippen MR) is 130 cm³/mol. The van der Waals surface area contributed by atoms with Gasteiger partial charge in [-0.05, 0) is 43.5 Å². The van der Waals surface area contributed by atoms with E-state index < -0.39 is 0 Å². The molecule has 35 heavy (non-hydrogen) atoms. The van der Waals surface area contributed by atoms with Crippen molar-refractivity contribution in [2.24, 2.45) is 0 Å². The van der Waals surface area contributed by atoms with Crippen molar-refractivity contribution in [1.29, 1.82) is 0 Å². The van der Waals surface area contributed by atoms with E-state index in [-0.39, 0.29) is 19.1 Å². The molecular formula is C25H26N4O5S. The second-order valence-electron chi connectivity index (χ2n) is 8.26. The van der Waals surface area contributed by atoms with Gasteiger partial charge in [0.1, 0.15) is 0 Å². The van der Waals surface area contributed by atoms with Crippen LogP contribution < -0.4 is 9.47 Å². The minimum absolute atomic E-state index is 0.0131. The van der Waals surface area contributed by atoms with Crippen LogP contribution >= 0.6 is 11.3 Å². The van der Waals surface area contributed by atoms with Gasteiger partial charge in [0.05, 0.1) is 24.6 Å². The van der Waals surface area contributed by atoms with E-state index in [0.29, 0.717) is 42.8 Å². The van der Waals surface area contributed by atoms with E-state index in [2.05, 4.69) is 14.8 Å². The van der Waals surface area contributed by atoms with Gasteiger partial charge in [-0.15, -0.1) is 21.5 Å². The normalized spacial score (nSPS) is 12.6. The van der Waals surface area contributed by atoms with Crippen molar-refractivity contribution in [3.05, 3.63) is 64.6 Å². The quantitative estimate of drug-likeness (QED) is 0.302. The number of nitrogens with zero attached hydrogens (tertiary/aromatic N) is 4. The Morgan fingerprint density at radius 3 is 2.83 bits per heavy atom. The summed E-state index contributed by atoms with van der Waals surface area (Å²) in [5.41, 5.74) is 3.43. The average molecular weight is 495 g/mol. The molecule has 0 unspecified atom stereocenters. The van der Waals surface area contributed by atoms with Gasteiger partial charge in [0.2, 0.25) is 12.7 Å². The fraction of sp³-hybridized carbons (Fsp3) is 0.320. The van der Waals surface area contributed by atoms with Crippen molar-refractivity contribution in [2.45, 2.75) is 20.4 Å². The molecule has 0 saturated heterocycles. The Hall–Kier alpha value is -3.47. The van der Waals surface area contributed by atoms with Gasteiger partial charge in [-0.2, -0.15) is 0 Å². The monoisotopic (exact) mass is 494 g/mol. The summed E-state index contributed by atoms with van der Waals surface area (Å²) in [7, 11) is 1.64. The molecule has 0 saturated carbocycles. The highest BCUT2D eigenvalue weighted by Gasteiger charge is 2.22. The molecule has 0 radical (unpaired) electrons. The minimum atomic E-state index is 0.0131. The molecule has 0 amide bonds. The number of ether oxygens (including phenoxy) is 3. The Balaban J connectivity index is 1.34. The topological polar surface area (TPSA) is 91.9 Å². The number of methoxy groups -OCH3 is 1. The summed E-state index contributed by atoms with van der Waals surface area (Å²) < 4.78 is 24.1. The summed E-state index contributed by atoms with van der Waals surface area (Å²) in [4.78, 5) is 16.3. The Morgan fingerprint density at radius 2 is 2.03 bits per heavy atom. The number of hydrogen-bond acceptors (Lipinski definition) is 9. The molecule has 0 aliphatic carbocycles. The highest BCUT2D eigenvalue weighted by Crippen LogP contribution is 2.35. The second kappa shape index (κ2) is 10.0. The van der Waals surface area contributed by atoms with Crippen molar-refractivity contribution in [1.82, 2.24) is 19.7 Å². The first-order valence-electron chi connectivity index (χ1n) is 11.2. The molecule has 9 nitrogen and oxygen atoms in total. The van der Waals surface area contributed by atoms with E-state index >= 15 is 0 Å². The van der Waals surface area contributed by atoms with Crippen LogP contribution in [0.2, 0.25) is 0 Å². The molecular weight excluding hydrogens is 468 g/mol. The number of benzene rings is 1. The Kier molecular flexibility index (Phi) is 6.67. The van der Waals surface area contributed by atoms with Crippen LogP contribution in [0.5, 0.6) is 11.5 Å². The summed E-state index contributed by atoms with van der Waals surface area (Å²) in [6.07, 6.45) is 0. The third kappa shape index (κ3) is 4.86. The van der Waals surface area contributed by atoms with Gasteiger partial charge in [0.25, 0.3) is 5.89 Å². The zero-order valence-electron chi connectivity index (χ0n) is 19.8. The summed E-state index contributed by atoms with van der Waals surface area (Å²) in [5, 5.41) is 10.3. The Labute approximate surface area is 206 Å². The zero-order chi connectivity index (χ0) is 24.4. The summed E-state index contributed by atoms with van der Waals surface area (Å²) in [5.74, 6) is 2.39. The molecule has 5 rings (SSSR count). The minimum Gasteiger partial charge on any atom is -0.454 e. The lowest BCUT2D eigenvalue weighted by molar-refractivity contribution is 0.0875. The largest absolute Gasteiger partial charge is 0.454 e. The van der Waals surface area contributed by atoms with Gasteiger partial charge >= 0.3 is 0 Å². The standard InChI is InChI=1S/C25H26N4O5S/c1-16-11-19(17(2)29(16)18-6-7-21-22(12-18)33-15-32-21)20(30)13-28(8-9-31-3)14-24-26-27-25(34-24)23-5-4-10-35-23/h4-7,10-12H,8-9,13-15H2,1-3H3. The lowest BCUT2D eigenvalue weighted by Crippen LogP contribution is -2.32.